The van der Waals surface area contributed by atoms with E-state index in [0.29, 0.717) is 18.1 Å². The van der Waals surface area contributed by atoms with E-state index < -0.39 is 0 Å². The molecule has 0 aliphatic heterocycles. The van der Waals surface area contributed by atoms with E-state index in [0.717, 1.165) is 17.1 Å². The lowest BCUT2D eigenvalue weighted by molar-refractivity contribution is 0.219. The molecule has 8 nitrogen and oxygen atoms in total. The van der Waals surface area contributed by atoms with Crippen molar-refractivity contribution in [2.45, 2.75) is 20.4 Å². The van der Waals surface area contributed by atoms with E-state index in [1.165, 1.54) is 11.2 Å². The molecule has 0 fully saturated rings. The molecule has 0 saturated carbocycles. The van der Waals surface area contributed by atoms with Crippen molar-refractivity contribution in [3.05, 3.63) is 53.9 Å². The Balaban J connectivity index is 1.72. The number of urea groups is 1. The fourth-order valence-electron chi connectivity index (χ4n) is 2.43. The van der Waals surface area contributed by atoms with E-state index in [1.54, 1.807) is 7.05 Å². The molecule has 0 unspecified atom stereocenters. The largest absolute Gasteiger partial charge is 0.321 e. The van der Waals surface area contributed by atoms with Gasteiger partial charge in [0.2, 0.25) is 0 Å². The Morgan fingerprint density at radius 3 is 2.83 bits per heavy atom. The Bertz CT molecular complexity index is 838. The van der Waals surface area contributed by atoms with Crippen molar-refractivity contribution in [3.63, 3.8) is 0 Å². The Hall–Kier alpha value is -3.16. The first-order valence-electron chi connectivity index (χ1n) is 7.53. The molecule has 0 radical (unpaired) electrons. The molecule has 3 aromatic rings. The number of H-pyrrole nitrogens is 1. The molecule has 0 aliphatic rings. The first-order valence-corrected chi connectivity index (χ1v) is 7.53. The highest BCUT2D eigenvalue weighted by Crippen LogP contribution is 2.17. The number of nitrogens with one attached hydrogen (secondary N) is 2. The molecule has 2 heterocycles. The second-order valence-electron chi connectivity index (χ2n) is 5.61. The van der Waals surface area contributed by atoms with Crippen molar-refractivity contribution in [1.82, 2.24) is 29.9 Å². The minimum Gasteiger partial charge on any atom is -0.320 e. The van der Waals surface area contributed by atoms with E-state index in [-0.39, 0.29) is 6.03 Å². The first-order chi connectivity index (χ1) is 11.5. The van der Waals surface area contributed by atoms with Gasteiger partial charge in [0.15, 0.2) is 0 Å². The standard InChI is InChI=1S/C16H19N7O/c1-11-7-12(2)23(21-11)14-6-4-5-13(8-14)19-16(24)22(3)9-15-17-10-18-20-15/h4-8,10H,9H2,1-3H3,(H,19,24)(H,17,18,20). The SMILES string of the molecule is Cc1cc(C)n(-c2cccc(NC(=O)N(C)Cc3ncn[nH]3)c2)n1. The van der Waals surface area contributed by atoms with Gasteiger partial charge in [0.05, 0.1) is 17.9 Å². The molecule has 0 saturated heterocycles. The van der Waals surface area contributed by atoms with Crippen molar-refractivity contribution >= 4 is 11.7 Å². The van der Waals surface area contributed by atoms with Crippen LogP contribution in [0.3, 0.4) is 0 Å². The van der Waals surface area contributed by atoms with Crippen molar-refractivity contribution in [3.8, 4) is 5.69 Å². The summed E-state index contributed by atoms with van der Waals surface area (Å²) < 4.78 is 1.85. The van der Waals surface area contributed by atoms with E-state index in [9.17, 15) is 4.79 Å². The summed E-state index contributed by atoms with van der Waals surface area (Å²) in [6.07, 6.45) is 1.42. The van der Waals surface area contributed by atoms with Crippen LogP contribution in [-0.2, 0) is 6.54 Å². The number of nitrogens with zero attached hydrogens (tertiary/aromatic N) is 5. The van der Waals surface area contributed by atoms with Crippen LogP contribution < -0.4 is 5.32 Å². The number of aromatic nitrogens is 5. The molecule has 124 valence electrons. The molecular weight excluding hydrogens is 306 g/mol. The summed E-state index contributed by atoms with van der Waals surface area (Å²) >= 11 is 0. The van der Waals surface area contributed by atoms with Gasteiger partial charge in [-0.05, 0) is 38.1 Å². The quantitative estimate of drug-likeness (QED) is 0.770. The Kier molecular flexibility index (Phi) is 4.28. The maximum Gasteiger partial charge on any atom is 0.321 e. The maximum atomic E-state index is 12.3. The smallest absolute Gasteiger partial charge is 0.320 e. The molecule has 0 aliphatic carbocycles. The number of amides is 2. The van der Waals surface area contributed by atoms with Crippen LogP contribution in [0.15, 0.2) is 36.7 Å². The van der Waals surface area contributed by atoms with Gasteiger partial charge >= 0.3 is 6.03 Å². The van der Waals surface area contributed by atoms with Gasteiger partial charge in [-0.1, -0.05) is 6.07 Å². The summed E-state index contributed by atoms with van der Waals surface area (Å²) in [6, 6.07) is 9.35. The number of rotatable bonds is 4. The van der Waals surface area contributed by atoms with Crippen LogP contribution >= 0.6 is 0 Å². The summed E-state index contributed by atoms with van der Waals surface area (Å²) in [5.41, 5.74) is 3.60. The summed E-state index contributed by atoms with van der Waals surface area (Å²) in [4.78, 5) is 17.8. The normalized spacial score (nSPS) is 10.6. The molecule has 0 atom stereocenters. The number of hydrogen-bond acceptors (Lipinski definition) is 4. The second-order valence-corrected chi connectivity index (χ2v) is 5.61. The molecular formula is C16H19N7O. The lowest BCUT2D eigenvalue weighted by atomic mass is 10.2. The van der Waals surface area contributed by atoms with Crippen LogP contribution in [0.5, 0.6) is 0 Å². The van der Waals surface area contributed by atoms with Crippen LogP contribution in [0.1, 0.15) is 17.2 Å². The van der Waals surface area contributed by atoms with E-state index in [1.807, 2.05) is 48.9 Å². The Labute approximate surface area is 139 Å². The van der Waals surface area contributed by atoms with E-state index in [2.05, 4.69) is 25.6 Å². The molecule has 3 rings (SSSR count). The van der Waals surface area contributed by atoms with Gasteiger partial charge in [0.1, 0.15) is 12.2 Å². The topological polar surface area (TPSA) is 91.7 Å². The number of anilines is 1. The third-order valence-electron chi connectivity index (χ3n) is 3.55. The van der Waals surface area contributed by atoms with Crippen LogP contribution in [0.4, 0.5) is 10.5 Å². The zero-order valence-electron chi connectivity index (χ0n) is 13.8. The minimum absolute atomic E-state index is 0.225. The Morgan fingerprint density at radius 2 is 2.17 bits per heavy atom. The number of hydrogen-bond donors (Lipinski definition) is 2. The van der Waals surface area contributed by atoms with Gasteiger partial charge in [0, 0.05) is 18.4 Å². The minimum atomic E-state index is -0.225. The Morgan fingerprint density at radius 1 is 1.33 bits per heavy atom. The van der Waals surface area contributed by atoms with Gasteiger partial charge in [-0.15, -0.1) is 0 Å². The lowest BCUT2D eigenvalue weighted by Gasteiger charge is -2.17. The number of aromatic amines is 1. The lowest BCUT2D eigenvalue weighted by Crippen LogP contribution is -2.31. The molecule has 1 aromatic carbocycles. The highest BCUT2D eigenvalue weighted by molar-refractivity contribution is 5.89. The number of carbonyl (C=O) groups excluding carboxylic acids is 1. The fraction of sp³-hybridized carbons (Fsp3) is 0.250. The second kappa shape index (κ2) is 6.53. The van der Waals surface area contributed by atoms with Crippen LogP contribution in [0.2, 0.25) is 0 Å². The van der Waals surface area contributed by atoms with Gasteiger partial charge in [-0.25, -0.2) is 14.5 Å². The molecule has 24 heavy (non-hydrogen) atoms. The van der Waals surface area contributed by atoms with Crippen molar-refractivity contribution in [2.75, 3.05) is 12.4 Å². The number of carbonyl (C=O) groups is 1. The van der Waals surface area contributed by atoms with Crippen molar-refractivity contribution in [1.29, 1.82) is 0 Å². The van der Waals surface area contributed by atoms with Crippen molar-refractivity contribution < 1.29 is 4.79 Å². The zero-order chi connectivity index (χ0) is 17.1. The van der Waals surface area contributed by atoms with Crippen LogP contribution in [0.25, 0.3) is 5.69 Å². The summed E-state index contributed by atoms with van der Waals surface area (Å²) in [7, 11) is 1.70. The van der Waals surface area contributed by atoms with Crippen molar-refractivity contribution in [2.24, 2.45) is 0 Å². The third-order valence-corrected chi connectivity index (χ3v) is 3.55. The predicted molar refractivity (Wildman–Crippen MR) is 89.9 cm³/mol. The van der Waals surface area contributed by atoms with Gasteiger partial charge in [-0.2, -0.15) is 10.2 Å². The van der Waals surface area contributed by atoms with Gasteiger partial charge in [0.25, 0.3) is 0 Å². The molecule has 0 bridgehead atoms. The highest BCUT2D eigenvalue weighted by Gasteiger charge is 2.12. The summed E-state index contributed by atoms with van der Waals surface area (Å²) in [5.74, 6) is 0.629. The molecule has 2 N–H and O–H groups in total. The first kappa shape index (κ1) is 15.7. The average molecular weight is 325 g/mol. The predicted octanol–water partition coefficient (Wildman–Crippen LogP) is 2.27. The monoisotopic (exact) mass is 325 g/mol. The fourth-order valence-corrected chi connectivity index (χ4v) is 2.43. The van der Waals surface area contributed by atoms with E-state index in [4.69, 9.17) is 0 Å². The van der Waals surface area contributed by atoms with E-state index >= 15 is 0 Å². The zero-order valence-corrected chi connectivity index (χ0v) is 13.8. The van der Waals surface area contributed by atoms with Gasteiger partial charge < -0.3 is 10.2 Å². The molecule has 8 heteroatoms. The summed E-state index contributed by atoms with van der Waals surface area (Å²) in [5, 5.41) is 13.8. The maximum absolute atomic E-state index is 12.3. The molecule has 0 spiro atoms. The average Bonchev–Trinajstić information content (AvgIpc) is 3.17. The summed E-state index contributed by atoms with van der Waals surface area (Å²) in [6.45, 7) is 4.30. The van der Waals surface area contributed by atoms with Crippen LogP contribution in [-0.4, -0.2) is 42.9 Å². The molecule has 2 aromatic heterocycles. The third kappa shape index (κ3) is 3.43. The van der Waals surface area contributed by atoms with Gasteiger partial charge in [-0.3, -0.25) is 5.10 Å². The molecule has 2 amide bonds. The number of benzene rings is 1. The van der Waals surface area contributed by atoms with Crippen LogP contribution in [0, 0.1) is 13.8 Å². The number of aryl methyl sites for hydroxylation is 2. The highest BCUT2D eigenvalue weighted by atomic mass is 16.2.